The Morgan fingerprint density at radius 2 is 1.83 bits per heavy atom. The SMILES string of the molecule is O=C1C(=O)N(CCc2c[nH]c3ccccc23)C(c2cccc(O)c2)/C1=C(\O)c1ccc2c(c1)OCO2. The molecule has 180 valence electrons. The highest BCUT2D eigenvalue weighted by Crippen LogP contribution is 2.42. The zero-order chi connectivity index (χ0) is 24.8. The van der Waals surface area contributed by atoms with Crippen LogP contribution in [0.4, 0.5) is 0 Å². The quantitative estimate of drug-likeness (QED) is 0.223. The lowest BCUT2D eigenvalue weighted by atomic mass is 9.95. The van der Waals surface area contributed by atoms with Crippen molar-refractivity contribution in [2.24, 2.45) is 0 Å². The normalized spacial score (nSPS) is 18.3. The second kappa shape index (κ2) is 8.49. The number of carbonyl (C=O) groups excluding carboxylic acids is 2. The molecule has 8 nitrogen and oxygen atoms in total. The van der Waals surface area contributed by atoms with Gasteiger partial charge in [0.1, 0.15) is 11.5 Å². The summed E-state index contributed by atoms with van der Waals surface area (Å²) < 4.78 is 10.7. The third kappa shape index (κ3) is 3.54. The largest absolute Gasteiger partial charge is 0.508 e. The predicted molar refractivity (Wildman–Crippen MR) is 132 cm³/mol. The van der Waals surface area contributed by atoms with Crippen LogP contribution in [-0.2, 0) is 16.0 Å². The van der Waals surface area contributed by atoms with Gasteiger partial charge in [-0.1, -0.05) is 30.3 Å². The lowest BCUT2D eigenvalue weighted by molar-refractivity contribution is -0.139. The number of rotatable bonds is 5. The number of hydrogen-bond acceptors (Lipinski definition) is 6. The molecule has 8 heteroatoms. The van der Waals surface area contributed by atoms with Crippen molar-refractivity contribution in [3.05, 3.63) is 95.2 Å². The van der Waals surface area contributed by atoms with Gasteiger partial charge in [0.2, 0.25) is 6.79 Å². The Hall–Kier alpha value is -4.72. The number of likely N-dealkylation sites (tertiary alicyclic amines) is 1. The van der Waals surface area contributed by atoms with E-state index in [4.69, 9.17) is 9.47 Å². The summed E-state index contributed by atoms with van der Waals surface area (Å²) in [4.78, 5) is 31.2. The number of phenolic OH excluding ortho intramolecular Hbond substituents is 1. The molecule has 3 N–H and O–H groups in total. The van der Waals surface area contributed by atoms with Gasteiger partial charge in [-0.2, -0.15) is 0 Å². The number of aromatic hydroxyl groups is 1. The van der Waals surface area contributed by atoms with E-state index >= 15 is 0 Å². The fraction of sp³-hybridized carbons (Fsp3) is 0.143. The highest BCUT2D eigenvalue weighted by molar-refractivity contribution is 6.46. The van der Waals surface area contributed by atoms with Gasteiger partial charge in [-0.15, -0.1) is 0 Å². The van der Waals surface area contributed by atoms with E-state index in [9.17, 15) is 19.8 Å². The number of benzene rings is 3. The number of phenols is 1. The maximum atomic E-state index is 13.3. The molecular formula is C28H22N2O6. The van der Waals surface area contributed by atoms with E-state index < -0.39 is 17.7 Å². The second-order valence-corrected chi connectivity index (χ2v) is 8.77. The van der Waals surface area contributed by atoms with Crippen molar-refractivity contribution in [1.29, 1.82) is 0 Å². The van der Waals surface area contributed by atoms with Crippen LogP contribution in [0, 0.1) is 0 Å². The lowest BCUT2D eigenvalue weighted by Crippen LogP contribution is -2.31. The Kier molecular flexibility index (Phi) is 5.14. The number of ketones is 1. The number of nitrogens with one attached hydrogen (secondary N) is 1. The number of hydrogen-bond donors (Lipinski definition) is 3. The van der Waals surface area contributed by atoms with Gasteiger partial charge in [0.15, 0.2) is 11.5 Å². The molecule has 36 heavy (non-hydrogen) atoms. The number of H-pyrrole nitrogens is 1. The van der Waals surface area contributed by atoms with Gasteiger partial charge in [-0.25, -0.2) is 0 Å². The molecule has 0 aliphatic carbocycles. The van der Waals surface area contributed by atoms with Crippen LogP contribution < -0.4 is 9.47 Å². The summed E-state index contributed by atoms with van der Waals surface area (Å²) in [6, 6.07) is 18.2. The number of nitrogens with zero attached hydrogens (tertiary/aromatic N) is 1. The van der Waals surface area contributed by atoms with E-state index in [1.165, 1.54) is 17.0 Å². The molecule has 1 saturated heterocycles. The number of carbonyl (C=O) groups is 2. The van der Waals surface area contributed by atoms with Gasteiger partial charge in [-0.05, 0) is 53.9 Å². The fourth-order valence-corrected chi connectivity index (χ4v) is 4.93. The van der Waals surface area contributed by atoms with Crippen LogP contribution >= 0.6 is 0 Å². The first kappa shape index (κ1) is 21.8. The van der Waals surface area contributed by atoms with Crippen LogP contribution in [0.5, 0.6) is 17.2 Å². The van der Waals surface area contributed by atoms with Crippen LogP contribution in [0.1, 0.15) is 22.7 Å². The zero-order valence-corrected chi connectivity index (χ0v) is 19.1. The van der Waals surface area contributed by atoms with Gasteiger partial charge in [0.25, 0.3) is 11.7 Å². The summed E-state index contributed by atoms with van der Waals surface area (Å²) in [6.07, 6.45) is 2.40. The van der Waals surface area contributed by atoms with Crippen LogP contribution in [0.25, 0.3) is 16.7 Å². The molecular weight excluding hydrogens is 460 g/mol. The first-order valence-electron chi connectivity index (χ1n) is 11.5. The molecule has 4 aromatic rings. The fourth-order valence-electron chi connectivity index (χ4n) is 4.93. The number of para-hydroxylation sites is 1. The molecule has 0 saturated carbocycles. The standard InChI is InChI=1S/C28H22N2O6/c31-19-5-3-4-16(12-19)25-24(26(32)17-8-9-22-23(13-17)36-15-35-22)27(33)28(34)30(25)11-10-18-14-29-21-7-2-1-6-20(18)21/h1-9,12-14,25,29,31-32H,10-11,15H2/b26-24+. The average Bonchev–Trinajstić information content (AvgIpc) is 3.59. The average molecular weight is 482 g/mol. The summed E-state index contributed by atoms with van der Waals surface area (Å²) in [5, 5.41) is 22.4. The number of aliphatic hydroxyl groups excluding tert-OH is 1. The first-order chi connectivity index (χ1) is 17.5. The van der Waals surface area contributed by atoms with Gasteiger partial charge in [0, 0.05) is 29.2 Å². The number of Topliss-reactive ketones (excluding diaryl/α,β-unsaturated/α-hetero) is 1. The van der Waals surface area contributed by atoms with Crippen LogP contribution in [0.2, 0.25) is 0 Å². The molecule has 0 bridgehead atoms. The Morgan fingerprint density at radius 3 is 2.69 bits per heavy atom. The maximum absolute atomic E-state index is 13.3. The Morgan fingerprint density at radius 1 is 1.00 bits per heavy atom. The number of aliphatic hydroxyl groups is 1. The van der Waals surface area contributed by atoms with E-state index in [2.05, 4.69) is 4.98 Å². The van der Waals surface area contributed by atoms with E-state index in [1.807, 2.05) is 30.5 Å². The monoisotopic (exact) mass is 482 g/mol. The zero-order valence-electron chi connectivity index (χ0n) is 19.1. The number of aromatic amines is 1. The van der Waals surface area contributed by atoms with Gasteiger partial charge < -0.3 is 29.6 Å². The Labute approximate surface area is 206 Å². The van der Waals surface area contributed by atoms with E-state index in [-0.39, 0.29) is 30.4 Å². The Bertz CT molecular complexity index is 1550. The summed E-state index contributed by atoms with van der Waals surface area (Å²) in [6.45, 7) is 0.311. The van der Waals surface area contributed by atoms with E-state index in [1.54, 1.807) is 30.3 Å². The van der Waals surface area contributed by atoms with Crippen molar-refractivity contribution in [3.8, 4) is 17.2 Å². The predicted octanol–water partition coefficient (Wildman–Crippen LogP) is 4.27. The summed E-state index contributed by atoms with van der Waals surface area (Å²) in [7, 11) is 0. The molecule has 0 spiro atoms. The van der Waals surface area contributed by atoms with Crippen molar-refractivity contribution < 1.29 is 29.3 Å². The maximum Gasteiger partial charge on any atom is 0.295 e. The van der Waals surface area contributed by atoms with Crippen LogP contribution in [0.15, 0.2) is 78.5 Å². The van der Waals surface area contributed by atoms with E-state index in [0.717, 1.165) is 16.5 Å². The molecule has 2 aliphatic rings. The number of amides is 1. The molecule has 3 heterocycles. The molecule has 2 aliphatic heterocycles. The number of ether oxygens (including phenoxy) is 2. The summed E-state index contributed by atoms with van der Waals surface area (Å²) in [5.74, 6) is -0.813. The minimum atomic E-state index is -0.868. The van der Waals surface area contributed by atoms with E-state index in [0.29, 0.717) is 29.0 Å². The van der Waals surface area contributed by atoms with Crippen molar-refractivity contribution in [1.82, 2.24) is 9.88 Å². The molecule has 1 amide bonds. The molecule has 1 unspecified atom stereocenters. The molecule has 6 rings (SSSR count). The van der Waals surface area contributed by atoms with Crippen molar-refractivity contribution >= 4 is 28.4 Å². The molecule has 3 aromatic carbocycles. The third-order valence-electron chi connectivity index (χ3n) is 6.67. The molecule has 1 atom stereocenters. The van der Waals surface area contributed by atoms with Gasteiger partial charge in [-0.3, -0.25) is 9.59 Å². The molecule has 1 aromatic heterocycles. The van der Waals surface area contributed by atoms with Crippen molar-refractivity contribution in [2.45, 2.75) is 12.5 Å². The number of aromatic nitrogens is 1. The van der Waals surface area contributed by atoms with Gasteiger partial charge in [0.05, 0.1) is 11.6 Å². The third-order valence-corrected chi connectivity index (χ3v) is 6.67. The van der Waals surface area contributed by atoms with Crippen molar-refractivity contribution in [2.75, 3.05) is 13.3 Å². The Balaban J connectivity index is 1.42. The minimum Gasteiger partial charge on any atom is -0.508 e. The molecule has 0 radical (unpaired) electrons. The summed E-state index contributed by atoms with van der Waals surface area (Å²) >= 11 is 0. The summed E-state index contributed by atoms with van der Waals surface area (Å²) in [5.41, 5.74) is 2.82. The minimum absolute atomic E-state index is 0.00204. The second-order valence-electron chi connectivity index (χ2n) is 8.77. The highest BCUT2D eigenvalue weighted by Gasteiger charge is 2.46. The van der Waals surface area contributed by atoms with Gasteiger partial charge >= 0.3 is 0 Å². The topological polar surface area (TPSA) is 112 Å². The van der Waals surface area contributed by atoms with Crippen LogP contribution in [0.3, 0.4) is 0 Å². The first-order valence-corrected chi connectivity index (χ1v) is 11.5. The van der Waals surface area contributed by atoms with Crippen LogP contribution in [-0.4, -0.2) is 45.1 Å². The van der Waals surface area contributed by atoms with Crippen molar-refractivity contribution in [3.63, 3.8) is 0 Å². The molecule has 1 fully saturated rings. The lowest BCUT2D eigenvalue weighted by Gasteiger charge is -2.25. The smallest absolute Gasteiger partial charge is 0.295 e. The number of fused-ring (bicyclic) bond motifs is 2. The highest BCUT2D eigenvalue weighted by atomic mass is 16.7.